The minimum atomic E-state index is 0. The topological polar surface area (TPSA) is 0 Å². The predicted octanol–water partition coefficient (Wildman–Crippen LogP) is 3.61. The first-order valence-electron chi connectivity index (χ1n) is 2.68. The van der Waals surface area contributed by atoms with E-state index in [4.69, 9.17) is 0 Å². The fraction of sp³-hybridized carbons (Fsp3) is 0.750. The molecule has 0 N–H and O–H groups in total. The van der Waals surface area contributed by atoms with Crippen LogP contribution in [0.4, 0.5) is 0 Å². The Morgan fingerprint density at radius 1 is 0.545 bits per heavy atom. The van der Waals surface area contributed by atoms with Crippen molar-refractivity contribution < 1.29 is 20.4 Å². The van der Waals surface area contributed by atoms with Crippen LogP contribution in [-0.4, -0.2) is 40.0 Å². The summed E-state index contributed by atoms with van der Waals surface area (Å²) in [6.45, 7) is 13.4. The molecule has 0 fully saturated rings. The van der Waals surface area contributed by atoms with Gasteiger partial charge in [-0.1, -0.05) is 0 Å². The Kier molecular flexibility index (Phi) is 60.2. The quantitative estimate of drug-likeness (QED) is 0.363. The van der Waals surface area contributed by atoms with Crippen molar-refractivity contribution in [3.05, 3.63) is 14.9 Å². The van der Waals surface area contributed by atoms with Gasteiger partial charge in [0.25, 0.3) is 0 Å². The molecule has 0 aromatic carbocycles. The van der Waals surface area contributed by atoms with Gasteiger partial charge in [0.2, 0.25) is 0 Å². The fourth-order valence-corrected chi connectivity index (χ4v) is 0. The van der Waals surface area contributed by atoms with Gasteiger partial charge in [-0.3, -0.25) is 0 Å². The first-order valence-corrected chi connectivity index (χ1v) is 8.05. The standard InChI is InChI=1S/2C3H9P.2CH3.Pd/c2*1-4(2)3;;;/h2*1-3H3;2*1H3;/q;;2*-1;+2. The summed E-state index contributed by atoms with van der Waals surface area (Å²) in [6, 6.07) is 0. The van der Waals surface area contributed by atoms with E-state index >= 15 is 0 Å². The normalized spacial score (nSPS) is 6.55. The molecule has 0 rings (SSSR count). The van der Waals surface area contributed by atoms with Gasteiger partial charge in [-0.25, -0.2) is 0 Å². The van der Waals surface area contributed by atoms with E-state index in [1.807, 2.05) is 0 Å². The number of rotatable bonds is 0. The van der Waals surface area contributed by atoms with Crippen molar-refractivity contribution in [1.82, 2.24) is 0 Å². The molecule has 0 radical (unpaired) electrons. The third-order valence-corrected chi connectivity index (χ3v) is 0. The van der Waals surface area contributed by atoms with Crippen molar-refractivity contribution in [1.29, 1.82) is 0 Å². The summed E-state index contributed by atoms with van der Waals surface area (Å²) in [5.74, 6) is 0. The van der Waals surface area contributed by atoms with Crippen molar-refractivity contribution in [2.45, 2.75) is 0 Å². The Morgan fingerprint density at radius 2 is 0.545 bits per heavy atom. The van der Waals surface area contributed by atoms with Crippen molar-refractivity contribution in [2.24, 2.45) is 0 Å². The second kappa shape index (κ2) is 22.5. The first kappa shape index (κ1) is 29.4. The molecule has 0 amide bonds. The van der Waals surface area contributed by atoms with E-state index in [-0.39, 0.29) is 35.3 Å². The molecule has 0 aromatic rings. The molecule has 0 aromatic heterocycles. The smallest absolute Gasteiger partial charge is 0.358 e. The summed E-state index contributed by atoms with van der Waals surface area (Å²) in [4.78, 5) is 0. The molecular weight excluding hydrogens is 264 g/mol. The molecule has 0 aliphatic carbocycles. The molecule has 0 atom stereocenters. The average molecular weight is 289 g/mol. The van der Waals surface area contributed by atoms with Gasteiger partial charge in [0.15, 0.2) is 0 Å². The minimum Gasteiger partial charge on any atom is -0.358 e. The summed E-state index contributed by atoms with van der Waals surface area (Å²) in [6.07, 6.45) is 0. The molecule has 0 nitrogen and oxygen atoms in total. The second-order valence-electron chi connectivity index (χ2n) is 2.68. The molecule has 0 bridgehead atoms. The first-order chi connectivity index (χ1) is 3.46. The number of hydrogen-bond donors (Lipinski definition) is 0. The predicted molar refractivity (Wildman–Crippen MR) is 62.2 cm³/mol. The zero-order valence-corrected chi connectivity index (χ0v) is 12.6. The van der Waals surface area contributed by atoms with Crippen molar-refractivity contribution in [3.8, 4) is 0 Å². The summed E-state index contributed by atoms with van der Waals surface area (Å²) >= 11 is 0. The summed E-state index contributed by atoms with van der Waals surface area (Å²) in [7, 11) is 0.759. The van der Waals surface area contributed by atoms with Crippen LogP contribution >= 0.6 is 15.8 Å². The molecule has 0 spiro atoms. The van der Waals surface area contributed by atoms with E-state index in [2.05, 4.69) is 40.0 Å². The maximum absolute atomic E-state index is 2.23. The molecule has 0 aliphatic rings. The van der Waals surface area contributed by atoms with Gasteiger partial charge in [-0.05, 0) is 40.0 Å². The molecule has 0 saturated heterocycles. The Labute approximate surface area is 91.1 Å². The molecule has 0 unspecified atom stereocenters. The summed E-state index contributed by atoms with van der Waals surface area (Å²) < 4.78 is 0. The summed E-state index contributed by atoms with van der Waals surface area (Å²) in [5, 5.41) is 0. The zero-order valence-electron chi connectivity index (χ0n) is 9.21. The van der Waals surface area contributed by atoms with Gasteiger partial charge in [0.1, 0.15) is 0 Å². The van der Waals surface area contributed by atoms with Crippen LogP contribution in [0.3, 0.4) is 0 Å². The third-order valence-electron chi connectivity index (χ3n) is 0. The van der Waals surface area contributed by atoms with Crippen molar-refractivity contribution in [2.75, 3.05) is 40.0 Å². The average Bonchev–Trinajstić information content (AvgIpc) is 1.25. The Balaban J connectivity index is -0.0000000171. The largest absolute Gasteiger partial charge is 2.00 e. The van der Waals surface area contributed by atoms with Gasteiger partial charge < -0.3 is 14.9 Å². The van der Waals surface area contributed by atoms with E-state index in [0.29, 0.717) is 15.8 Å². The van der Waals surface area contributed by atoms with Gasteiger partial charge in [0, 0.05) is 0 Å². The third kappa shape index (κ3) is 451. The van der Waals surface area contributed by atoms with Crippen LogP contribution in [0.15, 0.2) is 0 Å². The van der Waals surface area contributed by atoms with Gasteiger partial charge in [-0.15, -0.1) is 15.8 Å². The fourth-order valence-electron chi connectivity index (χ4n) is 0. The molecule has 0 saturated carbocycles. The second-order valence-corrected chi connectivity index (χ2v) is 8.05. The maximum atomic E-state index is 2.23. The molecule has 3 heteroatoms. The van der Waals surface area contributed by atoms with Crippen LogP contribution in [-0.2, 0) is 20.4 Å². The zero-order chi connectivity index (χ0) is 7.15. The van der Waals surface area contributed by atoms with E-state index in [1.54, 1.807) is 0 Å². The van der Waals surface area contributed by atoms with E-state index in [9.17, 15) is 0 Å². The van der Waals surface area contributed by atoms with Crippen molar-refractivity contribution in [3.63, 3.8) is 0 Å². The molecule has 0 aliphatic heterocycles. The molecular formula is C8H24P2Pd. The van der Waals surface area contributed by atoms with Crippen LogP contribution in [0.1, 0.15) is 0 Å². The van der Waals surface area contributed by atoms with E-state index < -0.39 is 0 Å². The Morgan fingerprint density at radius 3 is 0.545 bits per heavy atom. The van der Waals surface area contributed by atoms with Gasteiger partial charge in [-0.2, -0.15) is 0 Å². The van der Waals surface area contributed by atoms with Gasteiger partial charge >= 0.3 is 20.4 Å². The number of hydrogen-bond acceptors (Lipinski definition) is 0. The monoisotopic (exact) mass is 288 g/mol. The van der Waals surface area contributed by atoms with E-state index in [1.165, 1.54) is 0 Å². The van der Waals surface area contributed by atoms with Crippen LogP contribution in [0.25, 0.3) is 0 Å². The Hall–Kier alpha value is 1.52. The SMILES string of the molecule is CP(C)C.CP(C)C.[CH3-].[CH3-].[Pd+2]. The van der Waals surface area contributed by atoms with Crippen molar-refractivity contribution >= 4 is 15.8 Å². The van der Waals surface area contributed by atoms with E-state index in [0.717, 1.165) is 0 Å². The maximum Gasteiger partial charge on any atom is 2.00 e. The van der Waals surface area contributed by atoms with Crippen LogP contribution < -0.4 is 0 Å². The van der Waals surface area contributed by atoms with Gasteiger partial charge in [0.05, 0.1) is 0 Å². The molecule has 76 valence electrons. The van der Waals surface area contributed by atoms with Crippen LogP contribution in [0.5, 0.6) is 0 Å². The minimum absolute atomic E-state index is 0. The van der Waals surface area contributed by atoms with Crippen LogP contribution in [0.2, 0.25) is 0 Å². The molecule has 11 heavy (non-hydrogen) atoms. The van der Waals surface area contributed by atoms with Crippen LogP contribution in [0, 0.1) is 14.9 Å². The Bertz CT molecular complexity index is 27.6. The molecule has 0 heterocycles. The summed E-state index contributed by atoms with van der Waals surface area (Å²) in [5.41, 5.74) is 0.